The Labute approximate surface area is 208 Å². The van der Waals surface area contributed by atoms with E-state index in [4.69, 9.17) is 9.84 Å². The van der Waals surface area contributed by atoms with Crippen molar-refractivity contribution in [1.29, 1.82) is 0 Å². The summed E-state index contributed by atoms with van der Waals surface area (Å²) in [4.78, 5) is 23.0. The zero-order chi connectivity index (χ0) is 24.1. The number of carboxylic acid groups (broad SMARTS) is 1. The maximum Gasteiger partial charge on any atom is 0.307 e. The first kappa shape index (κ1) is 33.3. The van der Waals surface area contributed by atoms with Gasteiger partial charge in [0.15, 0.2) is 6.10 Å². The fraction of sp³-hybridized carbons (Fsp3) is 0.630. The van der Waals surface area contributed by atoms with Crippen molar-refractivity contribution in [3.05, 3.63) is 48.6 Å². The van der Waals surface area contributed by atoms with E-state index in [2.05, 4.69) is 55.5 Å². The second-order valence-corrected chi connectivity index (χ2v) is 9.16. The highest BCUT2D eigenvalue weighted by atomic mass is 35.5. The molecule has 5 nitrogen and oxygen atoms in total. The highest BCUT2D eigenvalue weighted by Crippen LogP contribution is 2.08. The topological polar surface area (TPSA) is 63.6 Å². The van der Waals surface area contributed by atoms with E-state index in [1.807, 2.05) is 21.1 Å². The number of rotatable bonds is 19. The predicted octanol–water partition coefficient (Wildman–Crippen LogP) is 3.23. The first-order valence-corrected chi connectivity index (χ1v) is 12.1. The standard InChI is InChI=1S/C27H45NO4.ClH/c1-5-6-7-8-9-10-11-12-13-14-15-16-17-18-19-20-21-22-27(31)32-25(23-26(29)30)24-28(2,3)4;/h9-10,12-13,15-16,18-19,25H,5-8,11,14,17,20-24H2,1-4H3;1H/b10-9-,13-12+,16-15-,19-18-;/t25-;/m1./s1. The molecule has 0 saturated heterocycles. The van der Waals surface area contributed by atoms with Crippen molar-refractivity contribution in [2.75, 3.05) is 27.7 Å². The van der Waals surface area contributed by atoms with E-state index in [1.54, 1.807) is 0 Å². The number of aliphatic carboxylic acids is 1. The number of nitrogens with zero attached hydrogens (tertiary/aromatic N) is 1. The molecule has 0 aromatic rings. The third-order valence-electron chi connectivity index (χ3n) is 4.66. The van der Waals surface area contributed by atoms with Crippen LogP contribution in [0.3, 0.4) is 0 Å². The van der Waals surface area contributed by atoms with Crippen LogP contribution in [0.1, 0.15) is 77.6 Å². The van der Waals surface area contributed by atoms with Crippen LogP contribution in [0.2, 0.25) is 0 Å². The molecular weight excluding hydrogens is 438 g/mol. The van der Waals surface area contributed by atoms with Gasteiger partial charge in [-0.1, -0.05) is 68.4 Å². The van der Waals surface area contributed by atoms with Crippen LogP contribution in [0.25, 0.3) is 0 Å². The van der Waals surface area contributed by atoms with E-state index in [0.29, 0.717) is 23.9 Å². The second-order valence-electron chi connectivity index (χ2n) is 9.16. The summed E-state index contributed by atoms with van der Waals surface area (Å²) in [6.07, 6.45) is 26.4. The molecule has 1 N–H and O–H groups in total. The molecule has 0 heterocycles. The van der Waals surface area contributed by atoms with Crippen molar-refractivity contribution in [3.63, 3.8) is 0 Å². The average Bonchev–Trinajstić information content (AvgIpc) is 2.68. The fourth-order valence-electron chi connectivity index (χ4n) is 3.12. The molecule has 0 saturated carbocycles. The molecule has 1 atom stereocenters. The number of unbranched alkanes of at least 4 members (excludes halogenated alkanes) is 4. The van der Waals surface area contributed by atoms with Crippen molar-refractivity contribution in [2.45, 2.75) is 83.7 Å². The number of carbonyl (C=O) groups excluding carboxylic acids is 1. The Balaban J connectivity index is 0. The molecule has 0 rings (SSSR count). The highest BCUT2D eigenvalue weighted by molar-refractivity contribution is 5.71. The van der Waals surface area contributed by atoms with Gasteiger partial charge >= 0.3 is 11.9 Å². The third-order valence-corrected chi connectivity index (χ3v) is 4.66. The third kappa shape index (κ3) is 26.3. The minimum absolute atomic E-state index is 0. The molecule has 0 unspecified atom stereocenters. The van der Waals surface area contributed by atoms with Crippen LogP contribution in [-0.2, 0) is 14.3 Å². The largest absolute Gasteiger partial charge is 1.00 e. The number of ether oxygens (including phenoxy) is 1. The van der Waals surface area contributed by atoms with Gasteiger partial charge in [-0.05, 0) is 44.9 Å². The summed E-state index contributed by atoms with van der Waals surface area (Å²) in [5.74, 6) is -1.27. The number of carboxylic acids is 1. The summed E-state index contributed by atoms with van der Waals surface area (Å²) in [7, 11) is 5.85. The second kappa shape index (κ2) is 22.0. The quantitative estimate of drug-likeness (QED) is 0.133. The van der Waals surface area contributed by atoms with Crippen LogP contribution < -0.4 is 12.4 Å². The molecule has 0 amide bonds. The summed E-state index contributed by atoms with van der Waals surface area (Å²) in [6.45, 7) is 2.71. The molecule has 0 aliphatic rings. The Hall–Kier alpha value is -1.85. The molecular formula is C27H46ClNO4. The van der Waals surface area contributed by atoms with Crippen molar-refractivity contribution >= 4 is 11.9 Å². The molecule has 0 radical (unpaired) electrons. The maximum atomic E-state index is 12.0. The van der Waals surface area contributed by atoms with Gasteiger partial charge in [0.1, 0.15) is 6.54 Å². The Morgan fingerprint density at radius 1 is 0.818 bits per heavy atom. The number of hydrogen-bond donors (Lipinski definition) is 1. The number of halogens is 1. The Morgan fingerprint density at radius 2 is 1.30 bits per heavy atom. The van der Waals surface area contributed by atoms with Crippen molar-refractivity contribution in [3.8, 4) is 0 Å². The van der Waals surface area contributed by atoms with E-state index in [0.717, 1.165) is 25.7 Å². The number of esters is 1. The number of quaternary nitrogens is 1. The predicted molar refractivity (Wildman–Crippen MR) is 133 cm³/mol. The minimum atomic E-state index is -0.947. The van der Waals surface area contributed by atoms with E-state index >= 15 is 0 Å². The Bertz CT molecular complexity index is 618. The normalized spacial score (nSPS) is 13.2. The molecule has 0 bridgehead atoms. The van der Waals surface area contributed by atoms with Gasteiger partial charge < -0.3 is 26.7 Å². The number of hydrogen-bond acceptors (Lipinski definition) is 3. The molecule has 33 heavy (non-hydrogen) atoms. The summed E-state index contributed by atoms with van der Waals surface area (Å²) in [5.41, 5.74) is 0. The molecule has 0 fully saturated rings. The van der Waals surface area contributed by atoms with Gasteiger partial charge in [0.2, 0.25) is 0 Å². The van der Waals surface area contributed by atoms with E-state index in [9.17, 15) is 9.59 Å². The van der Waals surface area contributed by atoms with Gasteiger partial charge in [-0.3, -0.25) is 9.59 Å². The van der Waals surface area contributed by atoms with Crippen LogP contribution in [0.5, 0.6) is 0 Å². The van der Waals surface area contributed by atoms with Crippen LogP contribution in [0, 0.1) is 0 Å². The summed E-state index contributed by atoms with van der Waals surface area (Å²) in [6, 6.07) is 0. The summed E-state index contributed by atoms with van der Waals surface area (Å²) >= 11 is 0. The minimum Gasteiger partial charge on any atom is -1.00 e. The lowest BCUT2D eigenvalue weighted by Crippen LogP contribution is -3.00. The van der Waals surface area contributed by atoms with Gasteiger partial charge in [0.25, 0.3) is 0 Å². The number of allylic oxidation sites excluding steroid dienone is 8. The van der Waals surface area contributed by atoms with Crippen molar-refractivity contribution in [2.24, 2.45) is 0 Å². The summed E-state index contributed by atoms with van der Waals surface area (Å²) in [5, 5.41) is 9.01. The average molecular weight is 484 g/mol. The number of likely N-dealkylation sites (N-methyl/N-ethyl adjacent to an activating group) is 1. The zero-order valence-electron chi connectivity index (χ0n) is 21.2. The van der Waals surface area contributed by atoms with Gasteiger partial charge in [-0.25, -0.2) is 0 Å². The van der Waals surface area contributed by atoms with Gasteiger partial charge in [0.05, 0.1) is 27.6 Å². The van der Waals surface area contributed by atoms with E-state index in [1.165, 1.54) is 25.7 Å². The molecule has 0 aliphatic carbocycles. The Kier molecular flexibility index (Phi) is 22.2. The van der Waals surface area contributed by atoms with E-state index in [-0.39, 0.29) is 24.8 Å². The van der Waals surface area contributed by atoms with Crippen molar-refractivity contribution < 1.29 is 36.3 Å². The fourth-order valence-corrected chi connectivity index (χ4v) is 3.12. The molecule has 0 spiro atoms. The lowest BCUT2D eigenvalue weighted by atomic mass is 10.2. The molecule has 0 aliphatic heterocycles. The molecule has 190 valence electrons. The monoisotopic (exact) mass is 483 g/mol. The first-order valence-electron chi connectivity index (χ1n) is 12.1. The number of carbonyl (C=O) groups is 2. The van der Waals surface area contributed by atoms with E-state index < -0.39 is 12.1 Å². The van der Waals surface area contributed by atoms with Crippen molar-refractivity contribution in [1.82, 2.24) is 0 Å². The van der Waals surface area contributed by atoms with Crippen LogP contribution in [-0.4, -0.2) is 55.3 Å². The SMILES string of the molecule is CCCCC/C=C\C/C=C/C/C=C\C/C=C\CCCC(=O)O[C@H](CC(=O)O)C[N+](C)(C)C.[Cl-]. The van der Waals surface area contributed by atoms with Gasteiger partial charge in [-0.15, -0.1) is 0 Å². The van der Waals surface area contributed by atoms with Crippen LogP contribution in [0.15, 0.2) is 48.6 Å². The molecule has 6 heteroatoms. The highest BCUT2D eigenvalue weighted by Gasteiger charge is 2.24. The molecule has 0 aromatic carbocycles. The zero-order valence-corrected chi connectivity index (χ0v) is 21.9. The van der Waals surface area contributed by atoms with Crippen LogP contribution >= 0.6 is 0 Å². The molecule has 0 aromatic heterocycles. The lowest BCUT2D eigenvalue weighted by molar-refractivity contribution is -0.873. The first-order chi connectivity index (χ1) is 15.2. The van der Waals surface area contributed by atoms with Gasteiger partial charge in [0, 0.05) is 6.42 Å². The van der Waals surface area contributed by atoms with Gasteiger partial charge in [-0.2, -0.15) is 0 Å². The lowest BCUT2D eigenvalue weighted by Gasteiger charge is -2.28. The maximum absolute atomic E-state index is 12.0. The smallest absolute Gasteiger partial charge is 0.307 e. The Morgan fingerprint density at radius 3 is 1.76 bits per heavy atom. The van der Waals surface area contributed by atoms with Crippen LogP contribution in [0.4, 0.5) is 0 Å². The summed E-state index contributed by atoms with van der Waals surface area (Å²) < 4.78 is 5.93.